The van der Waals surface area contributed by atoms with Crippen molar-refractivity contribution >= 4 is 11.3 Å². The summed E-state index contributed by atoms with van der Waals surface area (Å²) in [4.78, 5) is 1.99. The summed E-state index contributed by atoms with van der Waals surface area (Å²) in [5.74, 6) is 0.853. The molecule has 3 N–H and O–H groups in total. The highest BCUT2D eigenvalue weighted by atomic mass is 16.3. The van der Waals surface area contributed by atoms with Crippen LogP contribution in [0.5, 0.6) is 0 Å². The molecule has 0 saturated carbocycles. The fourth-order valence-corrected chi connectivity index (χ4v) is 3.18. The first-order valence-electron chi connectivity index (χ1n) is 9.47. The maximum absolute atomic E-state index is 9.63. The topological polar surface area (TPSA) is 55.7 Å². The predicted molar refractivity (Wildman–Crippen MR) is 115 cm³/mol. The Kier molecular flexibility index (Phi) is 7.24. The number of aliphatic hydroxyl groups excluding tert-OH is 2. The summed E-state index contributed by atoms with van der Waals surface area (Å²) in [7, 11) is 0. The van der Waals surface area contributed by atoms with Crippen molar-refractivity contribution in [1.82, 2.24) is 4.90 Å². The third-order valence-electron chi connectivity index (χ3n) is 4.45. The Morgan fingerprint density at radius 2 is 1.07 bits per heavy atom. The van der Waals surface area contributed by atoms with E-state index in [1.807, 2.05) is 71.6 Å². The monoisotopic (exact) mass is 374 g/mol. The van der Waals surface area contributed by atoms with E-state index in [0.29, 0.717) is 13.1 Å². The van der Waals surface area contributed by atoms with E-state index in [2.05, 4.69) is 29.6 Å². The van der Waals surface area contributed by atoms with E-state index in [1.165, 1.54) is 0 Å². The number of aliphatic hydroxyl groups is 2. The van der Waals surface area contributed by atoms with Crippen molar-refractivity contribution in [3.63, 3.8) is 0 Å². The van der Waals surface area contributed by atoms with Gasteiger partial charge in [-0.3, -0.25) is 0 Å². The van der Waals surface area contributed by atoms with E-state index in [-0.39, 0.29) is 13.2 Å². The fraction of sp³-hybridized carbons (Fsp3) is 0.167. The molecule has 0 unspecified atom stereocenters. The van der Waals surface area contributed by atoms with Crippen LogP contribution in [0.25, 0.3) is 5.57 Å². The lowest BCUT2D eigenvalue weighted by molar-refractivity contribution is 0.190. The first-order chi connectivity index (χ1) is 13.8. The number of benzene rings is 3. The average Bonchev–Trinajstić information content (AvgIpc) is 2.75. The number of nitrogens with zero attached hydrogens (tertiary/aromatic N) is 1. The molecule has 0 aliphatic heterocycles. The van der Waals surface area contributed by atoms with Crippen LogP contribution in [0.4, 0.5) is 5.69 Å². The quantitative estimate of drug-likeness (QED) is 0.533. The van der Waals surface area contributed by atoms with Gasteiger partial charge in [0.05, 0.1) is 13.2 Å². The van der Waals surface area contributed by atoms with Gasteiger partial charge in [-0.05, 0) is 23.3 Å². The second-order valence-corrected chi connectivity index (χ2v) is 6.38. The van der Waals surface area contributed by atoms with E-state index >= 15 is 0 Å². The molecule has 4 heteroatoms. The lowest BCUT2D eigenvalue weighted by Gasteiger charge is -2.30. The van der Waals surface area contributed by atoms with Gasteiger partial charge < -0.3 is 20.4 Å². The summed E-state index contributed by atoms with van der Waals surface area (Å²) in [5, 5.41) is 22.8. The van der Waals surface area contributed by atoms with Gasteiger partial charge in [0, 0.05) is 24.4 Å². The second kappa shape index (κ2) is 10.3. The molecule has 0 aromatic heterocycles. The van der Waals surface area contributed by atoms with Crippen molar-refractivity contribution < 1.29 is 10.2 Å². The van der Waals surface area contributed by atoms with Gasteiger partial charge in [-0.25, -0.2) is 0 Å². The number of anilines is 1. The Morgan fingerprint density at radius 1 is 0.643 bits per heavy atom. The minimum Gasteiger partial charge on any atom is -0.395 e. The summed E-state index contributed by atoms with van der Waals surface area (Å²) in [6, 6.07) is 30.3. The van der Waals surface area contributed by atoms with E-state index in [1.54, 1.807) is 0 Å². The molecule has 3 rings (SSSR count). The summed E-state index contributed by atoms with van der Waals surface area (Å²) in [6.45, 7) is 0.825. The maximum Gasteiger partial charge on any atom is 0.115 e. The van der Waals surface area contributed by atoms with E-state index in [0.717, 1.165) is 28.2 Å². The number of hydrogen-bond donors (Lipinski definition) is 3. The number of nitrogens with one attached hydrogen (secondary N) is 1. The van der Waals surface area contributed by atoms with Gasteiger partial charge in [-0.15, -0.1) is 0 Å². The van der Waals surface area contributed by atoms with Crippen molar-refractivity contribution in [2.24, 2.45) is 0 Å². The summed E-state index contributed by atoms with van der Waals surface area (Å²) in [6.07, 6.45) is 0. The largest absolute Gasteiger partial charge is 0.395 e. The highest BCUT2D eigenvalue weighted by molar-refractivity contribution is 5.83. The number of para-hydroxylation sites is 1. The van der Waals surface area contributed by atoms with Crippen LogP contribution in [-0.4, -0.2) is 41.4 Å². The molecule has 0 radical (unpaired) electrons. The summed E-state index contributed by atoms with van der Waals surface area (Å²) < 4.78 is 0. The van der Waals surface area contributed by atoms with Crippen LogP contribution in [0.3, 0.4) is 0 Å². The normalized spacial score (nSPS) is 10.4. The molecule has 0 aliphatic carbocycles. The molecular weight excluding hydrogens is 348 g/mol. The SMILES string of the molecule is OCCN(CCO)C(Nc1ccccc1)=C(c1ccccc1)c1ccccc1. The van der Waals surface area contributed by atoms with Crippen LogP contribution in [-0.2, 0) is 0 Å². The zero-order valence-corrected chi connectivity index (χ0v) is 15.8. The van der Waals surface area contributed by atoms with E-state index in [9.17, 15) is 10.2 Å². The zero-order chi connectivity index (χ0) is 19.6. The highest BCUT2D eigenvalue weighted by Gasteiger charge is 2.18. The first-order valence-corrected chi connectivity index (χ1v) is 9.47. The van der Waals surface area contributed by atoms with Crippen LogP contribution in [0.15, 0.2) is 96.8 Å². The molecule has 0 aliphatic rings. The Morgan fingerprint density at radius 3 is 1.50 bits per heavy atom. The Hall–Kier alpha value is -3.08. The lowest BCUT2D eigenvalue weighted by atomic mass is 9.97. The summed E-state index contributed by atoms with van der Waals surface area (Å²) >= 11 is 0. The minimum absolute atomic E-state index is 0.00315. The van der Waals surface area contributed by atoms with Gasteiger partial charge in [-0.2, -0.15) is 0 Å². The van der Waals surface area contributed by atoms with Crippen molar-refractivity contribution in [3.05, 3.63) is 108 Å². The predicted octanol–water partition coefficient (Wildman–Crippen LogP) is 3.80. The first kappa shape index (κ1) is 19.7. The van der Waals surface area contributed by atoms with E-state index in [4.69, 9.17) is 0 Å². The van der Waals surface area contributed by atoms with Crippen molar-refractivity contribution in [2.45, 2.75) is 0 Å². The molecular formula is C24H26N2O2. The number of rotatable bonds is 9. The third-order valence-corrected chi connectivity index (χ3v) is 4.45. The minimum atomic E-state index is -0.00315. The molecule has 0 saturated heterocycles. The molecule has 4 nitrogen and oxygen atoms in total. The molecule has 0 heterocycles. The molecule has 144 valence electrons. The number of hydrogen-bond acceptors (Lipinski definition) is 4. The van der Waals surface area contributed by atoms with Gasteiger partial charge >= 0.3 is 0 Å². The Balaban J connectivity index is 2.21. The molecule has 3 aromatic rings. The van der Waals surface area contributed by atoms with Crippen LogP contribution >= 0.6 is 0 Å². The molecule has 0 bridgehead atoms. The van der Waals surface area contributed by atoms with Gasteiger partial charge in [-0.1, -0.05) is 78.9 Å². The zero-order valence-electron chi connectivity index (χ0n) is 15.8. The highest BCUT2D eigenvalue weighted by Crippen LogP contribution is 2.29. The van der Waals surface area contributed by atoms with E-state index < -0.39 is 0 Å². The van der Waals surface area contributed by atoms with Crippen LogP contribution in [0.1, 0.15) is 11.1 Å². The van der Waals surface area contributed by atoms with Crippen molar-refractivity contribution in [2.75, 3.05) is 31.6 Å². The molecule has 0 fully saturated rings. The standard InChI is InChI=1S/C24H26N2O2/c27-18-16-26(17-19-28)24(25-22-14-8-3-9-15-22)23(20-10-4-1-5-11-20)21-12-6-2-7-13-21/h1-15,25,27-28H,16-19H2. The molecule has 3 aromatic carbocycles. The van der Waals surface area contributed by atoms with Crippen molar-refractivity contribution in [1.29, 1.82) is 0 Å². The van der Waals surface area contributed by atoms with Crippen molar-refractivity contribution in [3.8, 4) is 0 Å². The molecule has 0 spiro atoms. The average molecular weight is 374 g/mol. The fourth-order valence-electron chi connectivity index (χ4n) is 3.18. The van der Waals surface area contributed by atoms with Gasteiger partial charge in [0.15, 0.2) is 0 Å². The molecule has 0 atom stereocenters. The lowest BCUT2D eigenvalue weighted by Crippen LogP contribution is -2.33. The molecule has 0 amide bonds. The smallest absolute Gasteiger partial charge is 0.115 e. The van der Waals surface area contributed by atoms with Crippen LogP contribution in [0.2, 0.25) is 0 Å². The van der Waals surface area contributed by atoms with Crippen LogP contribution in [0, 0.1) is 0 Å². The second-order valence-electron chi connectivity index (χ2n) is 6.38. The maximum atomic E-state index is 9.63. The Labute approximate surface area is 166 Å². The summed E-state index contributed by atoms with van der Waals surface area (Å²) in [5.41, 5.74) is 4.09. The van der Waals surface area contributed by atoms with Crippen LogP contribution < -0.4 is 5.32 Å². The molecule has 28 heavy (non-hydrogen) atoms. The van der Waals surface area contributed by atoms with Gasteiger partial charge in [0.25, 0.3) is 0 Å². The third kappa shape index (κ3) is 5.00. The van der Waals surface area contributed by atoms with Gasteiger partial charge in [0.1, 0.15) is 5.82 Å². The van der Waals surface area contributed by atoms with Gasteiger partial charge in [0.2, 0.25) is 0 Å². The Bertz CT molecular complexity index is 817.